The Bertz CT molecular complexity index is 829. The molecular weight excluding hydrogens is 342 g/mol. The zero-order valence-electron chi connectivity index (χ0n) is 16.0. The number of aryl methyl sites for hydroxylation is 1. The third kappa shape index (κ3) is 4.42. The second-order valence-corrected chi connectivity index (χ2v) is 6.99. The molecule has 1 saturated heterocycles. The Kier molecular flexibility index (Phi) is 5.69. The molecule has 1 N–H and O–H groups in total. The lowest BCUT2D eigenvalue weighted by Gasteiger charge is -2.32. The number of hydrogen-bond acceptors (Lipinski definition) is 5. The van der Waals surface area contributed by atoms with Crippen molar-refractivity contribution >= 4 is 23.8 Å². The Hall–Kier alpha value is -2.96. The molecule has 1 aromatic carbocycles. The Morgan fingerprint density at radius 1 is 1.15 bits per heavy atom. The first-order chi connectivity index (χ1) is 13.0. The van der Waals surface area contributed by atoms with Crippen LogP contribution in [0.15, 0.2) is 30.3 Å². The predicted molar refractivity (Wildman–Crippen MR) is 104 cm³/mol. The maximum Gasteiger partial charge on any atom is 0.272 e. The molecule has 2 heterocycles. The molecule has 1 fully saturated rings. The highest BCUT2D eigenvalue weighted by atomic mass is 16.2. The number of anilines is 2. The molecular formula is C20H25N5O2. The van der Waals surface area contributed by atoms with Gasteiger partial charge in [-0.05, 0) is 24.5 Å². The van der Waals surface area contributed by atoms with Gasteiger partial charge < -0.3 is 15.1 Å². The maximum absolute atomic E-state index is 12.8. The van der Waals surface area contributed by atoms with E-state index in [0.29, 0.717) is 49.4 Å². The summed E-state index contributed by atoms with van der Waals surface area (Å²) < 4.78 is 0. The Morgan fingerprint density at radius 2 is 1.85 bits per heavy atom. The summed E-state index contributed by atoms with van der Waals surface area (Å²) in [4.78, 5) is 35.8. The van der Waals surface area contributed by atoms with Gasteiger partial charge in [0.05, 0.1) is 0 Å². The molecule has 1 aliphatic rings. The van der Waals surface area contributed by atoms with Gasteiger partial charge in [0.2, 0.25) is 6.41 Å². The molecule has 0 bridgehead atoms. The van der Waals surface area contributed by atoms with E-state index < -0.39 is 0 Å². The molecule has 2 aromatic rings. The maximum atomic E-state index is 12.8. The number of aromatic nitrogens is 2. The van der Waals surface area contributed by atoms with Crippen LogP contribution in [-0.4, -0.2) is 58.3 Å². The first kappa shape index (κ1) is 18.8. The largest absolute Gasteiger partial charge is 0.342 e. The average molecular weight is 367 g/mol. The highest BCUT2D eigenvalue weighted by Gasteiger charge is 2.23. The number of hydrogen-bond donors (Lipinski definition) is 1. The molecule has 0 saturated carbocycles. The van der Waals surface area contributed by atoms with Gasteiger partial charge in [-0.25, -0.2) is 9.97 Å². The van der Waals surface area contributed by atoms with Crippen LogP contribution >= 0.6 is 0 Å². The molecule has 0 radical (unpaired) electrons. The van der Waals surface area contributed by atoms with E-state index in [4.69, 9.17) is 0 Å². The lowest BCUT2D eigenvalue weighted by atomic mass is 10.0. The number of rotatable bonds is 5. The number of amides is 2. The normalized spacial score (nSPS) is 14.4. The summed E-state index contributed by atoms with van der Waals surface area (Å²) in [5, 5.41) is 3.33. The minimum atomic E-state index is -0.133. The molecule has 142 valence electrons. The van der Waals surface area contributed by atoms with Crippen LogP contribution in [-0.2, 0) is 4.79 Å². The monoisotopic (exact) mass is 367 g/mol. The van der Waals surface area contributed by atoms with Gasteiger partial charge in [0.1, 0.15) is 17.3 Å². The van der Waals surface area contributed by atoms with Crippen molar-refractivity contribution in [3.05, 3.63) is 47.4 Å². The van der Waals surface area contributed by atoms with Crippen molar-refractivity contribution < 1.29 is 9.59 Å². The molecule has 0 aliphatic carbocycles. The van der Waals surface area contributed by atoms with Crippen LogP contribution in [0.3, 0.4) is 0 Å². The van der Waals surface area contributed by atoms with Crippen molar-refractivity contribution in [2.75, 3.05) is 31.5 Å². The lowest BCUT2D eigenvalue weighted by molar-refractivity contribution is -0.119. The topological polar surface area (TPSA) is 78.4 Å². The highest BCUT2D eigenvalue weighted by molar-refractivity contribution is 5.93. The SMILES string of the molecule is Cc1nc(Nc2ccccc2C(C)C)cc(C(=O)N2CCN(C=O)CC2)n1. The summed E-state index contributed by atoms with van der Waals surface area (Å²) in [7, 11) is 0. The van der Waals surface area contributed by atoms with Crippen molar-refractivity contribution in [1.82, 2.24) is 19.8 Å². The van der Waals surface area contributed by atoms with Gasteiger partial charge in [-0.2, -0.15) is 0 Å². The van der Waals surface area contributed by atoms with Gasteiger partial charge >= 0.3 is 0 Å². The molecule has 7 heteroatoms. The van der Waals surface area contributed by atoms with Crippen LogP contribution in [0.4, 0.5) is 11.5 Å². The van der Waals surface area contributed by atoms with Crippen molar-refractivity contribution in [3.8, 4) is 0 Å². The minimum Gasteiger partial charge on any atom is -0.342 e. The van der Waals surface area contributed by atoms with Crippen LogP contribution in [0.1, 0.15) is 41.6 Å². The molecule has 1 aliphatic heterocycles. The fourth-order valence-electron chi connectivity index (χ4n) is 3.19. The number of nitrogens with one attached hydrogen (secondary N) is 1. The molecule has 2 amide bonds. The number of piperazine rings is 1. The summed E-state index contributed by atoms with van der Waals surface area (Å²) in [6, 6.07) is 9.77. The van der Waals surface area contributed by atoms with E-state index in [1.165, 1.54) is 5.56 Å². The van der Waals surface area contributed by atoms with Gasteiger partial charge in [-0.15, -0.1) is 0 Å². The lowest BCUT2D eigenvalue weighted by Crippen LogP contribution is -2.48. The number of carbonyl (C=O) groups excluding carboxylic acids is 2. The molecule has 0 spiro atoms. The summed E-state index contributed by atoms with van der Waals surface area (Å²) >= 11 is 0. The first-order valence-electron chi connectivity index (χ1n) is 9.18. The third-order valence-electron chi connectivity index (χ3n) is 4.65. The Morgan fingerprint density at radius 3 is 2.52 bits per heavy atom. The summed E-state index contributed by atoms with van der Waals surface area (Å²) in [6.07, 6.45) is 0.824. The smallest absolute Gasteiger partial charge is 0.272 e. The standard InChI is InChI=1S/C20H25N5O2/c1-14(2)16-6-4-5-7-17(16)23-19-12-18(21-15(3)22-19)20(27)25-10-8-24(13-26)9-11-25/h4-7,12-14H,8-11H2,1-3H3,(H,21,22,23). The van der Waals surface area contributed by atoms with Gasteiger partial charge in [0.25, 0.3) is 5.91 Å². The second kappa shape index (κ2) is 8.16. The van der Waals surface area contributed by atoms with Gasteiger partial charge in [-0.1, -0.05) is 32.0 Å². The van der Waals surface area contributed by atoms with Crippen molar-refractivity contribution in [2.24, 2.45) is 0 Å². The molecule has 7 nitrogen and oxygen atoms in total. The highest BCUT2D eigenvalue weighted by Crippen LogP contribution is 2.26. The van der Waals surface area contributed by atoms with Gasteiger partial charge in [0, 0.05) is 37.9 Å². The van der Waals surface area contributed by atoms with Gasteiger partial charge in [0.15, 0.2) is 0 Å². The van der Waals surface area contributed by atoms with E-state index in [1.54, 1.807) is 22.8 Å². The summed E-state index contributed by atoms with van der Waals surface area (Å²) in [5.74, 6) is 1.38. The van der Waals surface area contributed by atoms with Crippen LogP contribution in [0.5, 0.6) is 0 Å². The van der Waals surface area contributed by atoms with Crippen molar-refractivity contribution in [3.63, 3.8) is 0 Å². The number of carbonyl (C=O) groups is 2. The molecule has 1 aromatic heterocycles. The van der Waals surface area contributed by atoms with Crippen LogP contribution in [0, 0.1) is 6.92 Å². The second-order valence-electron chi connectivity index (χ2n) is 6.99. The molecule has 27 heavy (non-hydrogen) atoms. The Labute approximate surface area is 159 Å². The fourth-order valence-corrected chi connectivity index (χ4v) is 3.19. The van der Waals surface area contributed by atoms with E-state index in [1.807, 2.05) is 18.2 Å². The minimum absolute atomic E-state index is 0.133. The molecule has 3 rings (SSSR count). The molecule has 0 atom stereocenters. The quantitative estimate of drug-likeness (QED) is 0.822. The average Bonchev–Trinajstić information content (AvgIpc) is 2.67. The van der Waals surface area contributed by atoms with Crippen LogP contribution < -0.4 is 5.32 Å². The van der Waals surface area contributed by atoms with Crippen LogP contribution in [0.25, 0.3) is 0 Å². The van der Waals surface area contributed by atoms with E-state index in [2.05, 4.69) is 35.2 Å². The van der Waals surface area contributed by atoms with E-state index in [0.717, 1.165) is 12.1 Å². The fraction of sp³-hybridized carbons (Fsp3) is 0.400. The summed E-state index contributed by atoms with van der Waals surface area (Å²) in [5.41, 5.74) is 2.53. The zero-order chi connectivity index (χ0) is 19.4. The van der Waals surface area contributed by atoms with Gasteiger partial charge in [-0.3, -0.25) is 9.59 Å². The molecule has 0 unspecified atom stereocenters. The zero-order valence-corrected chi connectivity index (χ0v) is 16.0. The predicted octanol–water partition coefficient (Wildman–Crippen LogP) is 2.57. The van der Waals surface area contributed by atoms with E-state index in [-0.39, 0.29) is 5.91 Å². The number of para-hydroxylation sites is 1. The van der Waals surface area contributed by atoms with E-state index >= 15 is 0 Å². The third-order valence-corrected chi connectivity index (χ3v) is 4.65. The summed E-state index contributed by atoms with van der Waals surface area (Å²) in [6.45, 7) is 8.18. The van der Waals surface area contributed by atoms with E-state index in [9.17, 15) is 9.59 Å². The number of benzene rings is 1. The first-order valence-corrected chi connectivity index (χ1v) is 9.18. The van der Waals surface area contributed by atoms with Crippen molar-refractivity contribution in [2.45, 2.75) is 26.7 Å². The number of nitrogens with zero attached hydrogens (tertiary/aromatic N) is 4. The van der Waals surface area contributed by atoms with Crippen molar-refractivity contribution in [1.29, 1.82) is 0 Å². The Balaban J connectivity index is 1.81. The van der Waals surface area contributed by atoms with Crippen LogP contribution in [0.2, 0.25) is 0 Å².